The summed E-state index contributed by atoms with van der Waals surface area (Å²) in [5, 5.41) is 59.6. The average molecular weight is 722 g/mol. The number of ketones is 2. The summed E-state index contributed by atoms with van der Waals surface area (Å²) in [6.45, 7) is 4.56. The fourth-order valence-electron chi connectivity index (χ4n) is 7.74. The van der Waals surface area contributed by atoms with Crippen molar-refractivity contribution in [2.45, 2.75) is 56.4 Å². The molecule has 3 aliphatic carbocycles. The molecule has 0 bridgehead atoms. The second-order valence-corrected chi connectivity index (χ2v) is 13.5. The van der Waals surface area contributed by atoms with Crippen LogP contribution in [0.5, 0.6) is 11.5 Å². The van der Waals surface area contributed by atoms with Crippen molar-refractivity contribution in [1.82, 2.24) is 9.88 Å². The number of Topliss-reactive ketones (excluding diaryl/α,β-unsaturated/α-hetero) is 2. The van der Waals surface area contributed by atoms with Gasteiger partial charge in [-0.25, -0.2) is 0 Å². The minimum absolute atomic E-state index is 0. The number of hydrogen-bond acceptors (Lipinski definition) is 13. The molecular formula is C37H47N5O10. The summed E-state index contributed by atoms with van der Waals surface area (Å²) in [5.74, 6) is -8.02. The quantitative estimate of drug-likeness (QED) is 0.154. The maximum atomic E-state index is 13.3. The first-order chi connectivity index (χ1) is 24.1. The molecule has 1 heterocycles. The average Bonchev–Trinajstić information content (AvgIpc) is 3.08. The van der Waals surface area contributed by atoms with E-state index in [-0.39, 0.29) is 16.8 Å². The molecule has 0 saturated heterocycles. The fourth-order valence-corrected chi connectivity index (χ4v) is 7.74. The maximum absolute atomic E-state index is 13.3. The number of methoxy groups -OCH3 is 1. The molecular weight excluding hydrogens is 674 g/mol. The number of ether oxygens (including phenoxy) is 1. The Morgan fingerprint density at radius 3 is 2.44 bits per heavy atom. The van der Waals surface area contributed by atoms with Gasteiger partial charge in [0.25, 0.3) is 5.91 Å². The molecule has 0 spiro atoms. The number of carbonyl (C=O) groups excluding carboxylic acids is 3. The number of aromatic hydroxyl groups is 1. The summed E-state index contributed by atoms with van der Waals surface area (Å²) in [5.41, 5.74) is 8.90. The third kappa shape index (κ3) is 6.45. The molecule has 6 rings (SSSR count). The number of nitrogens with one attached hydrogen (secondary N) is 1. The number of benzene rings is 2. The maximum Gasteiger partial charge on any atom is 0.255 e. The molecule has 2 aromatic carbocycles. The Morgan fingerprint density at radius 2 is 1.83 bits per heavy atom. The zero-order valence-corrected chi connectivity index (χ0v) is 29.6. The molecule has 15 heteroatoms. The third-order valence-corrected chi connectivity index (χ3v) is 10.2. The molecule has 7 atom stereocenters. The minimum Gasteiger partial charge on any atom is -0.510 e. The molecule has 15 nitrogen and oxygen atoms in total. The Kier molecular flexibility index (Phi) is 11.7. The first kappa shape index (κ1) is 39.7. The molecule has 12 N–H and O–H groups in total. The molecule has 0 radical (unpaired) electrons. The predicted octanol–water partition coefficient (Wildman–Crippen LogP) is 1.61. The first-order valence-electron chi connectivity index (χ1n) is 16.7. The SMILES string of the molecule is COc1cc(NC(C)CCCN)c2ncccc2c1.C[C@H]1c2cccc(O)c2C(=O)C2=C(O)[C@]3(O)C(=O)C(C(N)=O)=C(O)[C@@H](N(C)C)[C@@H]3[C@@H](O)[C@@H]21.O. The largest absolute Gasteiger partial charge is 0.510 e. The lowest BCUT2D eigenvalue weighted by molar-refractivity contribution is -0.162. The van der Waals surface area contributed by atoms with Crippen molar-refractivity contribution in [2.75, 3.05) is 33.1 Å². The van der Waals surface area contributed by atoms with E-state index in [0.717, 1.165) is 41.7 Å². The highest BCUT2D eigenvalue weighted by molar-refractivity contribution is 6.25. The number of phenolic OH excluding ortho intramolecular Hbond substituents is 1. The molecule has 3 aliphatic rings. The number of rotatable bonds is 8. The van der Waals surface area contributed by atoms with E-state index >= 15 is 0 Å². The molecule has 0 fully saturated rings. The van der Waals surface area contributed by atoms with Gasteiger partial charge >= 0.3 is 0 Å². The van der Waals surface area contributed by atoms with E-state index in [0.29, 0.717) is 11.6 Å². The Morgan fingerprint density at radius 1 is 1.13 bits per heavy atom. The van der Waals surface area contributed by atoms with Crippen molar-refractivity contribution in [3.05, 3.63) is 82.5 Å². The van der Waals surface area contributed by atoms with Gasteiger partial charge in [0, 0.05) is 35.2 Å². The summed E-state index contributed by atoms with van der Waals surface area (Å²) in [4.78, 5) is 44.3. The number of aliphatic hydroxyl groups excluding tert-OH is 3. The van der Waals surface area contributed by atoms with Crippen molar-refractivity contribution in [3.63, 3.8) is 0 Å². The standard InChI is InChI=1S/C22H24N2O8.C15H21N3O.H2O/c1-7-8-5-4-6-9(25)11(8)16(26)12-10(7)17(27)14-15(24(2)3)18(28)13(21(23)31)20(30)22(14,32)19(12)29;1-11(5-3-7-16)18-14-10-13(19-2)9-12-6-4-8-17-15(12)14;/h4-7,10,14-15,17,25,27-29,32H,1-3H3,(H2,23,31);4,6,8-11,18H,3,5,7,16H2,1-2H3;1H2/t7-,10+,14+,15-,17-,22-;;/m0../s1. The Bertz CT molecular complexity index is 1940. The van der Waals surface area contributed by atoms with E-state index in [1.165, 1.54) is 25.1 Å². The Labute approximate surface area is 300 Å². The summed E-state index contributed by atoms with van der Waals surface area (Å²) >= 11 is 0. The molecule has 1 aromatic heterocycles. The number of primary amides is 1. The highest BCUT2D eigenvalue weighted by Gasteiger charge is 2.67. The monoisotopic (exact) mass is 721 g/mol. The molecule has 0 saturated carbocycles. The fraction of sp³-hybridized carbons (Fsp3) is 0.405. The lowest BCUT2D eigenvalue weighted by atomic mass is 9.55. The van der Waals surface area contributed by atoms with E-state index in [1.54, 1.807) is 26.2 Å². The molecule has 1 amide bonds. The van der Waals surface area contributed by atoms with Crippen LogP contribution in [0.25, 0.3) is 10.9 Å². The van der Waals surface area contributed by atoms with Gasteiger partial charge in [0.15, 0.2) is 11.4 Å². The summed E-state index contributed by atoms with van der Waals surface area (Å²) in [7, 11) is 4.65. The molecule has 52 heavy (non-hydrogen) atoms. The van der Waals surface area contributed by atoms with Crippen LogP contribution >= 0.6 is 0 Å². The third-order valence-electron chi connectivity index (χ3n) is 10.2. The smallest absolute Gasteiger partial charge is 0.255 e. The summed E-state index contributed by atoms with van der Waals surface area (Å²) in [6.07, 6.45) is 2.28. The number of pyridine rings is 1. The van der Waals surface area contributed by atoms with Crippen molar-refractivity contribution in [2.24, 2.45) is 23.3 Å². The normalized spacial score (nSPS) is 25.7. The topological polar surface area (TPSA) is 273 Å². The molecule has 0 aliphatic heterocycles. The number of anilines is 1. The number of fused-ring (bicyclic) bond motifs is 4. The van der Waals surface area contributed by atoms with Crippen LogP contribution in [0.3, 0.4) is 0 Å². The summed E-state index contributed by atoms with van der Waals surface area (Å²) < 4.78 is 5.34. The first-order valence-corrected chi connectivity index (χ1v) is 16.7. The highest BCUT2D eigenvalue weighted by Crippen LogP contribution is 2.55. The second-order valence-electron chi connectivity index (χ2n) is 13.5. The number of aliphatic hydroxyl groups is 4. The zero-order valence-electron chi connectivity index (χ0n) is 29.6. The predicted molar refractivity (Wildman–Crippen MR) is 193 cm³/mol. The van der Waals surface area contributed by atoms with Crippen LogP contribution < -0.4 is 21.5 Å². The lowest BCUT2D eigenvalue weighted by Gasteiger charge is -2.53. The molecule has 280 valence electrons. The van der Waals surface area contributed by atoms with Gasteiger partial charge < -0.3 is 52.5 Å². The second kappa shape index (κ2) is 15.3. The van der Waals surface area contributed by atoms with Gasteiger partial charge in [-0.15, -0.1) is 0 Å². The van der Waals surface area contributed by atoms with Gasteiger partial charge in [-0.1, -0.05) is 25.1 Å². The molecule has 1 unspecified atom stereocenters. The van der Waals surface area contributed by atoms with Crippen LogP contribution in [0.2, 0.25) is 0 Å². The van der Waals surface area contributed by atoms with Crippen LogP contribution in [0.15, 0.2) is 71.3 Å². The van der Waals surface area contributed by atoms with Crippen molar-refractivity contribution < 1.29 is 50.1 Å². The van der Waals surface area contributed by atoms with Gasteiger partial charge in [0.2, 0.25) is 5.78 Å². The number of hydrogen-bond donors (Lipinski definition) is 8. The number of nitrogens with zero attached hydrogens (tertiary/aromatic N) is 2. The van der Waals surface area contributed by atoms with E-state index in [2.05, 4.69) is 17.2 Å². The Hall–Kier alpha value is -5.06. The zero-order chi connectivity index (χ0) is 37.5. The van der Waals surface area contributed by atoms with Crippen molar-refractivity contribution in [1.29, 1.82) is 0 Å². The lowest BCUT2D eigenvalue weighted by Crippen LogP contribution is -2.68. The molecule has 3 aromatic rings. The highest BCUT2D eigenvalue weighted by atomic mass is 16.5. The van der Waals surface area contributed by atoms with E-state index in [9.17, 15) is 39.9 Å². The van der Waals surface area contributed by atoms with Gasteiger partial charge in [0.1, 0.15) is 28.6 Å². The van der Waals surface area contributed by atoms with Crippen molar-refractivity contribution >= 4 is 34.1 Å². The Balaban J connectivity index is 0.000000259. The van der Waals surface area contributed by atoms with Crippen LogP contribution in [0.1, 0.15) is 48.5 Å². The van der Waals surface area contributed by atoms with E-state index in [4.69, 9.17) is 16.2 Å². The number of nitrogens with two attached hydrogens (primary N) is 2. The minimum atomic E-state index is -2.89. The number of aromatic nitrogens is 1. The number of phenols is 1. The number of amides is 1. The van der Waals surface area contributed by atoms with Gasteiger partial charge in [-0.2, -0.15) is 0 Å². The van der Waals surface area contributed by atoms with Gasteiger partial charge in [0.05, 0.1) is 41.9 Å². The number of likely N-dealkylation sites (N-methyl/N-ethyl adjacent to an activating group) is 1. The van der Waals surface area contributed by atoms with Crippen molar-refractivity contribution in [3.8, 4) is 11.5 Å². The van der Waals surface area contributed by atoms with Crippen LogP contribution in [-0.4, -0.2) is 110 Å². The van der Waals surface area contributed by atoms with Crippen LogP contribution in [-0.2, 0) is 9.59 Å². The van der Waals surface area contributed by atoms with E-state index in [1.807, 2.05) is 30.5 Å². The summed E-state index contributed by atoms with van der Waals surface area (Å²) in [6, 6.07) is 11.5. The van der Waals surface area contributed by atoms with Crippen LogP contribution in [0, 0.1) is 11.8 Å². The van der Waals surface area contributed by atoms with Gasteiger partial charge in [-0.05, 0) is 70.1 Å². The van der Waals surface area contributed by atoms with E-state index < -0.39 is 75.6 Å². The number of carbonyl (C=O) groups is 3. The van der Waals surface area contributed by atoms with Crippen LogP contribution in [0.4, 0.5) is 5.69 Å². The van der Waals surface area contributed by atoms with Gasteiger partial charge in [-0.3, -0.25) is 24.3 Å².